The van der Waals surface area contributed by atoms with Crippen LogP contribution in [0.3, 0.4) is 0 Å². The van der Waals surface area contributed by atoms with E-state index in [9.17, 15) is 0 Å². The second-order valence-electron chi connectivity index (χ2n) is 4.66. The third-order valence-electron chi connectivity index (χ3n) is 3.11. The van der Waals surface area contributed by atoms with Crippen molar-refractivity contribution in [1.82, 2.24) is 4.90 Å². The van der Waals surface area contributed by atoms with Crippen LogP contribution in [0.25, 0.3) is 0 Å². The summed E-state index contributed by atoms with van der Waals surface area (Å²) in [6.45, 7) is 6.60. The Labute approximate surface area is 116 Å². The summed E-state index contributed by atoms with van der Waals surface area (Å²) in [6, 6.07) is 0.391. The monoisotopic (exact) mass is 270 g/mol. The third kappa shape index (κ3) is 8.98. The normalized spacial score (nSPS) is 17.5. The van der Waals surface area contributed by atoms with Crippen LogP contribution in [0.1, 0.15) is 12.8 Å². The summed E-state index contributed by atoms with van der Waals surface area (Å²) in [6.07, 6.45) is 7.24. The van der Waals surface area contributed by atoms with E-state index in [0.29, 0.717) is 39.1 Å². The highest BCUT2D eigenvalue weighted by Crippen LogP contribution is 2.07. The van der Waals surface area contributed by atoms with E-state index in [-0.39, 0.29) is 0 Å². The fraction of sp³-hybridized carbons (Fsp3) is 0.857. The average Bonchev–Trinajstić information content (AvgIpc) is 2.43. The smallest absolute Gasteiger partial charge is 0.107 e. The SMILES string of the molecule is C#CCOCCOCCOCCN1CCC(N)CC1. The van der Waals surface area contributed by atoms with E-state index in [4.69, 9.17) is 26.4 Å². The van der Waals surface area contributed by atoms with Gasteiger partial charge in [-0.25, -0.2) is 0 Å². The molecule has 0 saturated carbocycles. The first-order chi connectivity index (χ1) is 9.33. The van der Waals surface area contributed by atoms with Crippen LogP contribution in [-0.2, 0) is 14.2 Å². The number of likely N-dealkylation sites (tertiary alicyclic amines) is 1. The van der Waals surface area contributed by atoms with E-state index in [1.54, 1.807) is 0 Å². The predicted molar refractivity (Wildman–Crippen MR) is 74.9 cm³/mol. The minimum absolute atomic E-state index is 0.347. The standard InChI is InChI=1S/C14H26N2O3/c1-2-8-17-10-12-19-13-11-18-9-7-16-5-3-14(15)4-6-16/h1,14H,3-13,15H2. The van der Waals surface area contributed by atoms with Gasteiger partial charge in [-0.15, -0.1) is 6.42 Å². The van der Waals surface area contributed by atoms with Crippen LogP contribution in [0, 0.1) is 12.3 Å². The quantitative estimate of drug-likeness (QED) is 0.450. The lowest BCUT2D eigenvalue weighted by Gasteiger charge is -2.29. The molecule has 110 valence electrons. The topological polar surface area (TPSA) is 57.0 Å². The molecule has 0 unspecified atom stereocenters. The summed E-state index contributed by atoms with van der Waals surface area (Å²) in [4.78, 5) is 2.40. The molecule has 0 atom stereocenters. The zero-order chi connectivity index (χ0) is 13.8. The Morgan fingerprint density at radius 3 is 2.21 bits per heavy atom. The number of terminal acetylenes is 1. The summed E-state index contributed by atoms with van der Waals surface area (Å²) in [5.74, 6) is 2.41. The second kappa shape index (κ2) is 11.2. The minimum Gasteiger partial charge on any atom is -0.378 e. The molecular formula is C14H26N2O3. The first-order valence-corrected chi connectivity index (χ1v) is 6.97. The maximum Gasteiger partial charge on any atom is 0.107 e. The molecule has 19 heavy (non-hydrogen) atoms. The summed E-state index contributed by atoms with van der Waals surface area (Å²) in [7, 11) is 0. The molecule has 1 aliphatic rings. The lowest BCUT2D eigenvalue weighted by Crippen LogP contribution is -2.41. The van der Waals surface area contributed by atoms with Crippen molar-refractivity contribution in [1.29, 1.82) is 0 Å². The van der Waals surface area contributed by atoms with Crippen LogP contribution in [0.5, 0.6) is 0 Å². The molecule has 2 N–H and O–H groups in total. The minimum atomic E-state index is 0.347. The van der Waals surface area contributed by atoms with Gasteiger partial charge in [0, 0.05) is 12.6 Å². The van der Waals surface area contributed by atoms with Gasteiger partial charge in [-0.1, -0.05) is 5.92 Å². The van der Waals surface area contributed by atoms with Gasteiger partial charge in [-0.3, -0.25) is 0 Å². The van der Waals surface area contributed by atoms with E-state index in [1.807, 2.05) is 0 Å². The lowest BCUT2D eigenvalue weighted by molar-refractivity contribution is 0.0143. The van der Waals surface area contributed by atoms with Crippen molar-refractivity contribution < 1.29 is 14.2 Å². The molecule has 1 saturated heterocycles. The van der Waals surface area contributed by atoms with Crippen LogP contribution in [0.15, 0.2) is 0 Å². The van der Waals surface area contributed by atoms with Crippen molar-refractivity contribution in [2.45, 2.75) is 18.9 Å². The van der Waals surface area contributed by atoms with Crippen LogP contribution in [-0.4, -0.2) is 70.2 Å². The summed E-state index contributed by atoms with van der Waals surface area (Å²) < 4.78 is 15.9. The van der Waals surface area contributed by atoms with Crippen LogP contribution >= 0.6 is 0 Å². The Kier molecular flexibility index (Phi) is 9.68. The van der Waals surface area contributed by atoms with Crippen molar-refractivity contribution in [2.24, 2.45) is 5.73 Å². The molecule has 1 aliphatic heterocycles. The van der Waals surface area contributed by atoms with E-state index < -0.39 is 0 Å². The van der Waals surface area contributed by atoms with Crippen molar-refractivity contribution in [3.63, 3.8) is 0 Å². The number of piperidine rings is 1. The van der Waals surface area contributed by atoms with E-state index >= 15 is 0 Å². The number of hydrogen-bond donors (Lipinski definition) is 1. The third-order valence-corrected chi connectivity index (χ3v) is 3.11. The molecule has 1 heterocycles. The van der Waals surface area contributed by atoms with Gasteiger partial charge in [0.25, 0.3) is 0 Å². The van der Waals surface area contributed by atoms with Gasteiger partial charge < -0.3 is 24.8 Å². The first-order valence-electron chi connectivity index (χ1n) is 6.97. The molecule has 5 nitrogen and oxygen atoms in total. The van der Waals surface area contributed by atoms with Crippen molar-refractivity contribution in [3.05, 3.63) is 0 Å². The maximum atomic E-state index is 5.85. The highest BCUT2D eigenvalue weighted by atomic mass is 16.5. The molecule has 0 aromatic rings. The van der Waals surface area contributed by atoms with E-state index in [0.717, 1.165) is 39.1 Å². The van der Waals surface area contributed by atoms with Gasteiger partial charge in [0.05, 0.1) is 33.0 Å². The predicted octanol–water partition coefficient (Wildman–Crippen LogP) is 0.0925. The molecule has 0 aromatic carbocycles. The number of rotatable bonds is 10. The van der Waals surface area contributed by atoms with Crippen molar-refractivity contribution in [2.75, 3.05) is 59.3 Å². The van der Waals surface area contributed by atoms with Gasteiger partial charge in [-0.2, -0.15) is 0 Å². The summed E-state index contributed by atoms with van der Waals surface area (Å²) in [5, 5.41) is 0. The molecule has 0 aliphatic carbocycles. The number of nitrogens with zero attached hydrogens (tertiary/aromatic N) is 1. The molecule has 0 amide bonds. The zero-order valence-electron chi connectivity index (χ0n) is 11.7. The Bertz CT molecular complexity index is 248. The Hall–Kier alpha value is -0.640. The molecule has 0 spiro atoms. The maximum absolute atomic E-state index is 5.85. The molecule has 1 rings (SSSR count). The van der Waals surface area contributed by atoms with Gasteiger partial charge in [-0.05, 0) is 25.9 Å². The van der Waals surface area contributed by atoms with Gasteiger partial charge >= 0.3 is 0 Å². The summed E-state index contributed by atoms with van der Waals surface area (Å²) >= 11 is 0. The van der Waals surface area contributed by atoms with Gasteiger partial charge in [0.15, 0.2) is 0 Å². The first kappa shape index (κ1) is 16.4. The number of ether oxygens (including phenoxy) is 3. The Morgan fingerprint density at radius 1 is 1.00 bits per heavy atom. The van der Waals surface area contributed by atoms with Crippen LogP contribution in [0.2, 0.25) is 0 Å². The van der Waals surface area contributed by atoms with E-state index in [2.05, 4.69) is 10.8 Å². The molecule has 0 bridgehead atoms. The molecule has 5 heteroatoms. The van der Waals surface area contributed by atoms with Crippen LogP contribution < -0.4 is 5.73 Å². The lowest BCUT2D eigenvalue weighted by atomic mass is 10.1. The average molecular weight is 270 g/mol. The molecule has 0 aromatic heterocycles. The fourth-order valence-electron chi connectivity index (χ4n) is 1.94. The van der Waals surface area contributed by atoms with Crippen molar-refractivity contribution >= 4 is 0 Å². The molecular weight excluding hydrogens is 244 g/mol. The highest BCUT2D eigenvalue weighted by Gasteiger charge is 2.14. The molecule has 0 radical (unpaired) electrons. The van der Waals surface area contributed by atoms with Gasteiger partial charge in [0.2, 0.25) is 0 Å². The molecule has 1 fully saturated rings. The Morgan fingerprint density at radius 2 is 1.58 bits per heavy atom. The van der Waals surface area contributed by atoms with E-state index in [1.165, 1.54) is 0 Å². The second-order valence-corrected chi connectivity index (χ2v) is 4.66. The largest absolute Gasteiger partial charge is 0.378 e. The Balaban J connectivity index is 1.78. The summed E-state index contributed by atoms with van der Waals surface area (Å²) in [5.41, 5.74) is 5.85. The number of nitrogens with two attached hydrogens (primary N) is 1. The van der Waals surface area contributed by atoms with Gasteiger partial charge in [0.1, 0.15) is 6.61 Å². The van der Waals surface area contributed by atoms with Crippen LogP contribution in [0.4, 0.5) is 0 Å². The van der Waals surface area contributed by atoms with Crippen molar-refractivity contribution in [3.8, 4) is 12.3 Å². The number of hydrogen-bond acceptors (Lipinski definition) is 5. The zero-order valence-corrected chi connectivity index (χ0v) is 11.7. The fourth-order valence-corrected chi connectivity index (χ4v) is 1.94. The highest BCUT2D eigenvalue weighted by molar-refractivity contribution is 4.82.